The molecular formula is C13H11FN2O3S. The summed E-state index contributed by atoms with van der Waals surface area (Å²) < 4.78 is 19.2. The summed E-state index contributed by atoms with van der Waals surface area (Å²) in [5.41, 5.74) is 5.51. The van der Waals surface area contributed by atoms with Crippen LogP contribution in [0.15, 0.2) is 18.2 Å². The van der Waals surface area contributed by atoms with Gasteiger partial charge in [0.1, 0.15) is 23.0 Å². The Morgan fingerprint density at radius 2 is 1.90 bits per heavy atom. The predicted octanol–water partition coefficient (Wildman–Crippen LogP) is 0.881. The van der Waals surface area contributed by atoms with Crippen molar-refractivity contribution in [2.24, 2.45) is 5.73 Å². The van der Waals surface area contributed by atoms with Crippen molar-refractivity contribution in [1.29, 1.82) is 0 Å². The van der Waals surface area contributed by atoms with E-state index in [1.165, 1.54) is 18.2 Å². The highest BCUT2D eigenvalue weighted by atomic mass is 32.1. The Kier molecular flexibility index (Phi) is 3.02. The number of halogens is 1. The molecule has 2 aliphatic heterocycles. The molecule has 2 atom stereocenters. The molecule has 2 amide bonds. The molecule has 0 saturated carbocycles. The van der Waals surface area contributed by atoms with E-state index in [0.29, 0.717) is 12.8 Å². The maximum absolute atomic E-state index is 13.9. The minimum absolute atomic E-state index is 0.0905. The van der Waals surface area contributed by atoms with E-state index in [1.54, 1.807) is 0 Å². The third kappa shape index (κ3) is 1.82. The Hall–Kier alpha value is -1.86. The van der Waals surface area contributed by atoms with Crippen molar-refractivity contribution in [2.75, 3.05) is 4.90 Å². The second kappa shape index (κ2) is 4.60. The summed E-state index contributed by atoms with van der Waals surface area (Å²) in [5, 5.41) is 0. The molecule has 1 aromatic rings. The zero-order chi connectivity index (χ0) is 14.4. The summed E-state index contributed by atoms with van der Waals surface area (Å²) in [6.07, 6.45) is -0.326. The number of nitrogens with zero attached hydrogens (tertiary/aromatic N) is 1. The molecule has 2 saturated heterocycles. The molecule has 7 heteroatoms. The van der Waals surface area contributed by atoms with Crippen molar-refractivity contribution >= 4 is 34.7 Å². The average Bonchev–Trinajstić information content (AvgIpc) is 2.83. The number of amides is 2. The molecule has 104 valence electrons. The Balaban J connectivity index is 2.13. The van der Waals surface area contributed by atoms with E-state index >= 15 is 0 Å². The summed E-state index contributed by atoms with van der Waals surface area (Å²) in [6, 6.07) is 4.05. The summed E-state index contributed by atoms with van der Waals surface area (Å²) >= 11 is 4.82. The molecule has 2 bridgehead atoms. The highest BCUT2D eigenvalue weighted by molar-refractivity contribution is 7.80. The molecule has 2 aliphatic rings. The van der Waals surface area contributed by atoms with E-state index in [-0.39, 0.29) is 16.2 Å². The monoisotopic (exact) mass is 294 g/mol. The number of rotatable bonds is 2. The summed E-state index contributed by atoms with van der Waals surface area (Å²) in [7, 11) is 0. The standard InChI is InChI=1S/C13H11FN2O3S/c14-6-2-1-3-7(10(6)11(15)20)16-12(17)8-4-5-9(19-8)13(16)18/h1-3,8-9H,4-5H2,(H2,15,20). The van der Waals surface area contributed by atoms with Gasteiger partial charge in [-0.3, -0.25) is 9.59 Å². The first-order valence-electron chi connectivity index (χ1n) is 6.12. The largest absolute Gasteiger partial charge is 0.389 e. The van der Waals surface area contributed by atoms with Crippen LogP contribution in [-0.4, -0.2) is 29.0 Å². The van der Waals surface area contributed by atoms with Crippen LogP contribution in [0, 0.1) is 5.82 Å². The van der Waals surface area contributed by atoms with Crippen LogP contribution in [-0.2, 0) is 14.3 Å². The van der Waals surface area contributed by atoms with Gasteiger partial charge in [-0.1, -0.05) is 18.3 Å². The molecule has 2 N–H and O–H groups in total. The second-order valence-corrected chi connectivity index (χ2v) is 5.14. The van der Waals surface area contributed by atoms with Gasteiger partial charge in [-0.05, 0) is 25.0 Å². The smallest absolute Gasteiger partial charge is 0.263 e. The predicted molar refractivity (Wildman–Crippen MR) is 72.7 cm³/mol. The van der Waals surface area contributed by atoms with Crippen molar-refractivity contribution in [2.45, 2.75) is 25.0 Å². The number of hydrogen-bond acceptors (Lipinski definition) is 4. The number of hydrogen-bond donors (Lipinski definition) is 1. The van der Waals surface area contributed by atoms with Crippen LogP contribution in [0.5, 0.6) is 0 Å². The van der Waals surface area contributed by atoms with E-state index in [1.807, 2.05) is 0 Å². The topological polar surface area (TPSA) is 72.6 Å². The highest BCUT2D eigenvalue weighted by Gasteiger charge is 2.47. The van der Waals surface area contributed by atoms with E-state index in [9.17, 15) is 14.0 Å². The van der Waals surface area contributed by atoms with Gasteiger partial charge in [0.05, 0.1) is 11.3 Å². The van der Waals surface area contributed by atoms with E-state index in [4.69, 9.17) is 22.7 Å². The van der Waals surface area contributed by atoms with Gasteiger partial charge in [0.2, 0.25) is 0 Å². The first kappa shape index (κ1) is 13.1. The molecule has 1 aromatic carbocycles. The molecule has 5 nitrogen and oxygen atoms in total. The zero-order valence-electron chi connectivity index (χ0n) is 10.3. The number of anilines is 1. The Labute approximate surface area is 119 Å². The number of carbonyl (C=O) groups is 2. The van der Waals surface area contributed by atoms with Gasteiger partial charge < -0.3 is 10.5 Å². The number of morpholine rings is 1. The van der Waals surface area contributed by atoms with Crippen LogP contribution < -0.4 is 10.6 Å². The number of imide groups is 1. The lowest BCUT2D eigenvalue weighted by Crippen LogP contribution is -2.52. The van der Waals surface area contributed by atoms with Gasteiger partial charge in [0.15, 0.2) is 0 Å². The maximum Gasteiger partial charge on any atom is 0.263 e. The molecule has 2 unspecified atom stereocenters. The van der Waals surface area contributed by atoms with Gasteiger partial charge in [-0.25, -0.2) is 9.29 Å². The second-order valence-electron chi connectivity index (χ2n) is 4.70. The van der Waals surface area contributed by atoms with Gasteiger partial charge in [-0.15, -0.1) is 0 Å². The SMILES string of the molecule is NC(=S)c1c(F)cccc1N1C(=O)C2CCC(O2)C1=O. The molecule has 0 radical (unpaired) electrons. The van der Waals surface area contributed by atoms with Crippen molar-refractivity contribution in [1.82, 2.24) is 0 Å². The fourth-order valence-corrected chi connectivity index (χ4v) is 2.78. The molecule has 3 rings (SSSR count). The third-order valence-electron chi connectivity index (χ3n) is 3.49. The van der Waals surface area contributed by atoms with E-state index in [2.05, 4.69) is 0 Å². The minimum atomic E-state index is -0.658. The number of nitrogens with two attached hydrogens (primary N) is 1. The quantitative estimate of drug-likeness (QED) is 0.647. The third-order valence-corrected chi connectivity index (χ3v) is 3.69. The van der Waals surface area contributed by atoms with Gasteiger partial charge in [0, 0.05) is 0 Å². The molecular weight excluding hydrogens is 283 g/mol. The summed E-state index contributed by atoms with van der Waals surface area (Å²) in [6.45, 7) is 0. The number of fused-ring (bicyclic) bond motifs is 2. The average molecular weight is 294 g/mol. The zero-order valence-corrected chi connectivity index (χ0v) is 11.2. The van der Waals surface area contributed by atoms with Gasteiger partial charge in [0.25, 0.3) is 11.8 Å². The number of thiocarbonyl (C=S) groups is 1. The van der Waals surface area contributed by atoms with Crippen LogP contribution in [0.3, 0.4) is 0 Å². The van der Waals surface area contributed by atoms with Crippen molar-refractivity contribution in [3.8, 4) is 0 Å². The first-order chi connectivity index (χ1) is 9.50. The molecule has 0 spiro atoms. The minimum Gasteiger partial charge on any atom is -0.389 e. The lowest BCUT2D eigenvalue weighted by molar-refractivity contribution is -0.146. The Bertz CT molecular complexity index is 612. The lowest BCUT2D eigenvalue weighted by Gasteiger charge is -2.31. The van der Waals surface area contributed by atoms with Crippen LogP contribution in [0.4, 0.5) is 10.1 Å². The molecule has 20 heavy (non-hydrogen) atoms. The Morgan fingerprint density at radius 1 is 1.30 bits per heavy atom. The number of ether oxygens (including phenoxy) is 1. The molecule has 0 aliphatic carbocycles. The summed E-state index contributed by atoms with van der Waals surface area (Å²) in [4.78, 5) is 25.3. The molecule has 2 fully saturated rings. The van der Waals surface area contributed by atoms with E-state index in [0.717, 1.165) is 4.90 Å². The van der Waals surface area contributed by atoms with Gasteiger partial charge in [-0.2, -0.15) is 0 Å². The number of carbonyl (C=O) groups excluding carboxylic acids is 2. The fourth-order valence-electron chi connectivity index (χ4n) is 2.58. The van der Waals surface area contributed by atoms with Gasteiger partial charge >= 0.3 is 0 Å². The normalized spacial score (nSPS) is 25.1. The molecule has 2 heterocycles. The van der Waals surface area contributed by atoms with Crippen LogP contribution >= 0.6 is 12.2 Å². The molecule has 0 aromatic heterocycles. The van der Waals surface area contributed by atoms with Crippen LogP contribution in [0.2, 0.25) is 0 Å². The number of benzene rings is 1. The first-order valence-corrected chi connectivity index (χ1v) is 6.53. The summed E-state index contributed by atoms with van der Waals surface area (Å²) in [5.74, 6) is -1.65. The van der Waals surface area contributed by atoms with Crippen molar-refractivity contribution in [3.63, 3.8) is 0 Å². The van der Waals surface area contributed by atoms with Crippen LogP contribution in [0.1, 0.15) is 18.4 Å². The Morgan fingerprint density at radius 3 is 2.45 bits per heavy atom. The van der Waals surface area contributed by atoms with E-state index < -0.39 is 29.8 Å². The maximum atomic E-state index is 13.9. The van der Waals surface area contributed by atoms with Crippen molar-refractivity contribution in [3.05, 3.63) is 29.6 Å². The van der Waals surface area contributed by atoms with Crippen molar-refractivity contribution < 1.29 is 18.7 Å². The lowest BCUT2D eigenvalue weighted by atomic mass is 10.1. The van der Waals surface area contributed by atoms with Crippen LogP contribution in [0.25, 0.3) is 0 Å². The fraction of sp³-hybridized carbons (Fsp3) is 0.308. The highest BCUT2D eigenvalue weighted by Crippen LogP contribution is 2.33.